The monoisotopic (exact) mass is 194 g/mol. The van der Waals surface area contributed by atoms with Gasteiger partial charge < -0.3 is 4.74 Å². The molecule has 0 bridgehead atoms. The molecule has 3 heteroatoms. The number of carbonyl (C=O) groups excluding carboxylic acids is 1. The fourth-order valence-electron chi connectivity index (χ4n) is 1.02. The molecule has 0 amide bonds. The van der Waals surface area contributed by atoms with Gasteiger partial charge in [-0.15, -0.1) is 0 Å². The van der Waals surface area contributed by atoms with Gasteiger partial charge in [0, 0.05) is 6.08 Å². The number of halogens is 1. The van der Waals surface area contributed by atoms with Crippen LogP contribution in [0.25, 0.3) is 0 Å². The molecule has 1 atom stereocenters. The summed E-state index contributed by atoms with van der Waals surface area (Å²) in [6.45, 7) is 5.00. The number of hydrogen-bond acceptors (Lipinski definition) is 2. The Balaban J connectivity index is 2.69. The zero-order valence-corrected chi connectivity index (χ0v) is 7.87. The molecule has 0 spiro atoms. The molecule has 0 fully saturated rings. The van der Waals surface area contributed by atoms with Crippen LogP contribution in [-0.2, 0) is 9.53 Å². The normalized spacial score (nSPS) is 11.9. The van der Waals surface area contributed by atoms with Crippen molar-refractivity contribution in [2.75, 3.05) is 0 Å². The SMILES string of the molecule is C=CC(=O)OC(C)c1ccc(F)cc1. The van der Waals surface area contributed by atoms with Crippen LogP contribution in [0.2, 0.25) is 0 Å². The topological polar surface area (TPSA) is 26.3 Å². The lowest BCUT2D eigenvalue weighted by Gasteiger charge is -2.11. The van der Waals surface area contributed by atoms with E-state index < -0.39 is 5.97 Å². The molecule has 0 N–H and O–H groups in total. The molecule has 0 aliphatic carbocycles. The average molecular weight is 194 g/mol. The average Bonchev–Trinajstić information content (AvgIpc) is 2.18. The molecule has 0 saturated carbocycles. The van der Waals surface area contributed by atoms with E-state index in [4.69, 9.17) is 4.74 Å². The lowest BCUT2D eigenvalue weighted by atomic mass is 10.1. The Bertz CT molecular complexity index is 330. The van der Waals surface area contributed by atoms with Crippen molar-refractivity contribution in [3.05, 3.63) is 48.3 Å². The van der Waals surface area contributed by atoms with Crippen molar-refractivity contribution < 1.29 is 13.9 Å². The molecule has 0 heterocycles. The molecule has 0 radical (unpaired) electrons. The summed E-state index contributed by atoms with van der Waals surface area (Å²) in [6, 6.07) is 5.81. The minimum atomic E-state index is -0.484. The number of benzene rings is 1. The minimum Gasteiger partial charge on any atom is -0.455 e. The zero-order valence-electron chi connectivity index (χ0n) is 7.87. The second-order valence-electron chi connectivity index (χ2n) is 2.83. The van der Waals surface area contributed by atoms with Gasteiger partial charge in [0.15, 0.2) is 0 Å². The molecule has 0 aromatic heterocycles. The molecule has 0 aliphatic rings. The smallest absolute Gasteiger partial charge is 0.330 e. The second kappa shape index (κ2) is 4.56. The molecule has 1 unspecified atom stereocenters. The van der Waals surface area contributed by atoms with Crippen LogP contribution in [0.5, 0.6) is 0 Å². The fourth-order valence-corrected chi connectivity index (χ4v) is 1.02. The summed E-state index contributed by atoms with van der Waals surface area (Å²) in [5, 5.41) is 0. The Morgan fingerprint density at radius 1 is 1.50 bits per heavy atom. The number of ether oxygens (including phenoxy) is 1. The van der Waals surface area contributed by atoms with Crippen molar-refractivity contribution >= 4 is 5.97 Å². The highest BCUT2D eigenvalue weighted by Gasteiger charge is 2.08. The van der Waals surface area contributed by atoms with Crippen molar-refractivity contribution in [3.63, 3.8) is 0 Å². The van der Waals surface area contributed by atoms with Crippen LogP contribution in [0.1, 0.15) is 18.6 Å². The predicted octanol–water partition coefficient (Wildman–Crippen LogP) is 2.62. The van der Waals surface area contributed by atoms with Gasteiger partial charge in [0.2, 0.25) is 0 Å². The molecule has 2 nitrogen and oxygen atoms in total. The van der Waals surface area contributed by atoms with Gasteiger partial charge in [-0.05, 0) is 24.6 Å². The third-order valence-corrected chi connectivity index (χ3v) is 1.80. The Morgan fingerprint density at radius 2 is 2.07 bits per heavy atom. The molecule has 1 aromatic carbocycles. The minimum absolute atomic E-state index is 0.309. The standard InChI is InChI=1S/C11H11FO2/c1-3-11(13)14-8(2)9-4-6-10(12)7-5-9/h3-8H,1H2,2H3. The Labute approximate surface area is 82.0 Å². The highest BCUT2D eigenvalue weighted by molar-refractivity contribution is 5.81. The van der Waals surface area contributed by atoms with E-state index in [1.165, 1.54) is 12.1 Å². The van der Waals surface area contributed by atoms with Gasteiger partial charge in [-0.1, -0.05) is 18.7 Å². The highest BCUT2D eigenvalue weighted by atomic mass is 19.1. The van der Waals surface area contributed by atoms with Crippen molar-refractivity contribution in [1.82, 2.24) is 0 Å². The van der Waals surface area contributed by atoms with Crippen LogP contribution >= 0.6 is 0 Å². The van der Waals surface area contributed by atoms with E-state index in [9.17, 15) is 9.18 Å². The molecule has 0 saturated heterocycles. The first-order chi connectivity index (χ1) is 6.63. The summed E-state index contributed by atoms with van der Waals surface area (Å²) < 4.78 is 17.5. The number of rotatable bonds is 3. The Hall–Kier alpha value is -1.64. The van der Waals surface area contributed by atoms with Crippen LogP contribution in [-0.4, -0.2) is 5.97 Å². The van der Waals surface area contributed by atoms with E-state index in [0.29, 0.717) is 0 Å². The van der Waals surface area contributed by atoms with Gasteiger partial charge in [-0.25, -0.2) is 9.18 Å². The third kappa shape index (κ3) is 2.69. The highest BCUT2D eigenvalue weighted by Crippen LogP contribution is 2.16. The zero-order chi connectivity index (χ0) is 10.6. The van der Waals surface area contributed by atoms with E-state index in [1.807, 2.05) is 0 Å². The molecule has 0 aliphatic heterocycles. The van der Waals surface area contributed by atoms with Crippen LogP contribution in [0, 0.1) is 5.82 Å². The van der Waals surface area contributed by atoms with Crippen molar-refractivity contribution in [2.45, 2.75) is 13.0 Å². The number of esters is 1. The maximum absolute atomic E-state index is 12.6. The third-order valence-electron chi connectivity index (χ3n) is 1.80. The van der Waals surface area contributed by atoms with E-state index in [1.54, 1.807) is 19.1 Å². The Kier molecular flexibility index (Phi) is 3.40. The fraction of sp³-hybridized carbons (Fsp3) is 0.182. The van der Waals surface area contributed by atoms with E-state index in [2.05, 4.69) is 6.58 Å². The van der Waals surface area contributed by atoms with Crippen molar-refractivity contribution in [3.8, 4) is 0 Å². The summed E-state index contributed by atoms with van der Waals surface area (Å²) in [5.74, 6) is -0.794. The van der Waals surface area contributed by atoms with Crippen LogP contribution in [0.15, 0.2) is 36.9 Å². The van der Waals surface area contributed by atoms with Crippen LogP contribution in [0.4, 0.5) is 4.39 Å². The van der Waals surface area contributed by atoms with Gasteiger partial charge in [0.1, 0.15) is 11.9 Å². The van der Waals surface area contributed by atoms with Crippen molar-refractivity contribution in [2.24, 2.45) is 0 Å². The molecule has 74 valence electrons. The lowest BCUT2D eigenvalue weighted by Crippen LogP contribution is -2.05. The quantitative estimate of drug-likeness (QED) is 0.546. The van der Waals surface area contributed by atoms with Gasteiger partial charge in [-0.3, -0.25) is 0 Å². The summed E-state index contributed by atoms with van der Waals surface area (Å²) in [4.78, 5) is 10.8. The summed E-state index contributed by atoms with van der Waals surface area (Å²) in [5.41, 5.74) is 0.751. The Morgan fingerprint density at radius 3 is 2.57 bits per heavy atom. The maximum Gasteiger partial charge on any atom is 0.330 e. The second-order valence-corrected chi connectivity index (χ2v) is 2.83. The van der Waals surface area contributed by atoms with Gasteiger partial charge in [0.25, 0.3) is 0 Å². The van der Waals surface area contributed by atoms with E-state index in [-0.39, 0.29) is 11.9 Å². The number of hydrogen-bond donors (Lipinski definition) is 0. The van der Waals surface area contributed by atoms with Crippen LogP contribution < -0.4 is 0 Å². The first kappa shape index (κ1) is 10.4. The first-order valence-electron chi connectivity index (χ1n) is 4.22. The molecule has 14 heavy (non-hydrogen) atoms. The maximum atomic E-state index is 12.6. The first-order valence-corrected chi connectivity index (χ1v) is 4.22. The largest absolute Gasteiger partial charge is 0.455 e. The molecule has 1 aromatic rings. The lowest BCUT2D eigenvalue weighted by molar-refractivity contribution is -0.142. The van der Waals surface area contributed by atoms with Gasteiger partial charge in [0.05, 0.1) is 0 Å². The molecular formula is C11H11FO2. The summed E-state index contributed by atoms with van der Waals surface area (Å²) in [7, 11) is 0. The van der Waals surface area contributed by atoms with E-state index in [0.717, 1.165) is 11.6 Å². The van der Waals surface area contributed by atoms with Crippen LogP contribution in [0.3, 0.4) is 0 Å². The summed E-state index contributed by atoms with van der Waals surface area (Å²) in [6.07, 6.45) is 0.709. The van der Waals surface area contributed by atoms with Crippen molar-refractivity contribution in [1.29, 1.82) is 0 Å². The molecule has 1 rings (SSSR count). The van der Waals surface area contributed by atoms with E-state index >= 15 is 0 Å². The van der Waals surface area contributed by atoms with Gasteiger partial charge in [-0.2, -0.15) is 0 Å². The molecular weight excluding hydrogens is 183 g/mol. The van der Waals surface area contributed by atoms with Gasteiger partial charge >= 0.3 is 5.97 Å². The number of carbonyl (C=O) groups is 1. The summed E-state index contributed by atoms with van der Waals surface area (Å²) >= 11 is 0. The predicted molar refractivity (Wildman–Crippen MR) is 51.1 cm³/mol.